The van der Waals surface area contributed by atoms with Gasteiger partial charge in [0.05, 0.1) is 6.10 Å². The predicted octanol–water partition coefficient (Wildman–Crippen LogP) is 11.8. The van der Waals surface area contributed by atoms with Gasteiger partial charge in [0.15, 0.2) is 0 Å². The van der Waals surface area contributed by atoms with Gasteiger partial charge in [0.2, 0.25) is 0 Å². The molecule has 0 rings (SSSR count). The number of aliphatic hydroxyl groups is 2. The summed E-state index contributed by atoms with van der Waals surface area (Å²) in [5, 5.41) is 20.1. The first-order valence-electron chi connectivity index (χ1n) is 20.4. The fraction of sp³-hybridized carbons (Fsp3) is 0.727. The molecule has 0 fully saturated rings. The lowest BCUT2D eigenvalue weighted by Crippen LogP contribution is -2.25. The van der Waals surface area contributed by atoms with Crippen LogP contribution in [0.25, 0.3) is 0 Å². The van der Waals surface area contributed by atoms with Gasteiger partial charge in [-0.1, -0.05) is 184 Å². The Labute approximate surface area is 307 Å². The van der Waals surface area contributed by atoms with Gasteiger partial charge in [-0.2, -0.15) is 0 Å². The maximum absolute atomic E-state index is 12.0. The van der Waals surface area contributed by atoms with Gasteiger partial charge in [0, 0.05) is 12.8 Å². The molecule has 0 radical (unpaired) electrons. The summed E-state index contributed by atoms with van der Waals surface area (Å²) in [6.07, 6.45) is 47.4. The van der Waals surface area contributed by atoms with Crippen molar-refractivity contribution in [3.63, 3.8) is 0 Å². The average Bonchev–Trinajstić information content (AvgIpc) is 3.11. The Morgan fingerprint density at radius 1 is 0.500 bits per heavy atom. The van der Waals surface area contributed by atoms with Crippen molar-refractivity contribution in [3.8, 4) is 0 Å². The Morgan fingerprint density at radius 2 is 0.900 bits per heavy atom. The molecule has 0 saturated heterocycles. The summed E-state index contributed by atoms with van der Waals surface area (Å²) >= 11 is 0. The lowest BCUT2D eigenvalue weighted by atomic mass is 10.0. The summed E-state index contributed by atoms with van der Waals surface area (Å²) in [4.78, 5) is 24.0. The molecule has 0 aliphatic rings. The highest BCUT2D eigenvalue weighted by Crippen LogP contribution is 2.15. The molecule has 2 N–H and O–H groups in total. The number of unbranched alkanes of at least 4 members (excludes halogenated alkanes) is 17. The highest BCUT2D eigenvalue weighted by molar-refractivity contribution is 5.69. The van der Waals surface area contributed by atoms with Crippen LogP contribution in [0.4, 0.5) is 0 Å². The SMILES string of the molecule is CC/C=C\C/C=C\C/C=C\C/C=C\C=C\C(O)CCCC(=O)OC[C@@H](O)COC(=O)CCCCCCCCCCCCCCCCCCCC. The van der Waals surface area contributed by atoms with Crippen LogP contribution in [0.5, 0.6) is 0 Å². The van der Waals surface area contributed by atoms with Gasteiger partial charge in [0.1, 0.15) is 19.3 Å². The average molecular weight is 701 g/mol. The Morgan fingerprint density at radius 3 is 1.36 bits per heavy atom. The zero-order valence-electron chi connectivity index (χ0n) is 32.3. The number of aliphatic hydroxyl groups excluding tert-OH is 2. The second kappa shape index (κ2) is 39.3. The molecule has 6 heteroatoms. The Hall–Kier alpha value is -2.44. The highest BCUT2D eigenvalue weighted by atomic mass is 16.6. The lowest BCUT2D eigenvalue weighted by Gasteiger charge is -2.12. The first-order valence-corrected chi connectivity index (χ1v) is 20.4. The first kappa shape index (κ1) is 47.6. The number of hydrogen-bond donors (Lipinski definition) is 2. The van der Waals surface area contributed by atoms with E-state index in [-0.39, 0.29) is 25.6 Å². The van der Waals surface area contributed by atoms with Crippen molar-refractivity contribution >= 4 is 11.9 Å². The standard InChI is InChI=1S/C44H76O6/c1-3-5-7-9-11-13-15-17-18-19-20-21-23-25-27-29-31-33-37-43(47)49-39-42(46)40-50-44(48)38-34-36-41(45)35-32-30-28-26-24-22-16-14-12-10-8-6-4-2/h6,8,12,14,22,24,28,30,32,35,41-42,45-46H,3-5,7,9-11,13,15-21,23,25-27,29,31,33-34,36-40H2,1-2H3/b8-6-,14-12-,24-22-,30-28-,35-32+/t41?,42-/m0/s1. The van der Waals surface area contributed by atoms with Crippen LogP contribution in [0.15, 0.2) is 60.8 Å². The van der Waals surface area contributed by atoms with E-state index in [4.69, 9.17) is 9.47 Å². The Bertz CT molecular complexity index is 902. The maximum atomic E-state index is 12.0. The van der Waals surface area contributed by atoms with Gasteiger partial charge < -0.3 is 19.7 Å². The normalized spacial score (nSPS) is 13.4. The van der Waals surface area contributed by atoms with Crippen molar-refractivity contribution in [2.24, 2.45) is 0 Å². The van der Waals surface area contributed by atoms with E-state index >= 15 is 0 Å². The van der Waals surface area contributed by atoms with Gasteiger partial charge in [-0.15, -0.1) is 0 Å². The summed E-state index contributed by atoms with van der Waals surface area (Å²) in [6.45, 7) is 4.02. The molecule has 0 aliphatic heterocycles. The molecule has 0 aromatic rings. The number of carbonyl (C=O) groups is 2. The van der Waals surface area contributed by atoms with Crippen LogP contribution in [0.1, 0.15) is 181 Å². The van der Waals surface area contributed by atoms with Crippen LogP contribution in [-0.2, 0) is 19.1 Å². The molecule has 288 valence electrons. The summed E-state index contributed by atoms with van der Waals surface area (Å²) in [7, 11) is 0. The Kier molecular flexibility index (Phi) is 37.4. The zero-order valence-corrected chi connectivity index (χ0v) is 32.3. The molecule has 0 amide bonds. The number of rotatable bonds is 36. The summed E-state index contributed by atoms with van der Waals surface area (Å²) < 4.78 is 10.2. The van der Waals surface area contributed by atoms with Crippen molar-refractivity contribution in [3.05, 3.63) is 60.8 Å². The van der Waals surface area contributed by atoms with E-state index in [1.54, 1.807) is 6.08 Å². The van der Waals surface area contributed by atoms with Gasteiger partial charge >= 0.3 is 11.9 Å². The molecular formula is C44H76O6. The lowest BCUT2D eigenvalue weighted by molar-refractivity contribution is -0.152. The van der Waals surface area contributed by atoms with Crippen LogP contribution >= 0.6 is 0 Å². The monoisotopic (exact) mass is 701 g/mol. The highest BCUT2D eigenvalue weighted by Gasteiger charge is 2.12. The third-order valence-corrected chi connectivity index (χ3v) is 8.62. The van der Waals surface area contributed by atoms with Crippen LogP contribution in [0, 0.1) is 0 Å². The molecule has 50 heavy (non-hydrogen) atoms. The topological polar surface area (TPSA) is 93.1 Å². The minimum Gasteiger partial charge on any atom is -0.463 e. The maximum Gasteiger partial charge on any atom is 0.305 e. The quantitative estimate of drug-likeness (QED) is 0.0292. The van der Waals surface area contributed by atoms with Crippen molar-refractivity contribution in [1.29, 1.82) is 0 Å². The zero-order chi connectivity index (χ0) is 36.6. The molecule has 2 atom stereocenters. The molecular weight excluding hydrogens is 624 g/mol. The van der Waals surface area contributed by atoms with Crippen LogP contribution in [0.3, 0.4) is 0 Å². The second-order valence-electron chi connectivity index (χ2n) is 13.6. The molecule has 0 spiro atoms. The predicted molar refractivity (Wildman–Crippen MR) is 211 cm³/mol. The number of ether oxygens (including phenoxy) is 2. The number of esters is 2. The summed E-state index contributed by atoms with van der Waals surface area (Å²) in [5.41, 5.74) is 0. The van der Waals surface area contributed by atoms with Crippen molar-refractivity contribution < 1.29 is 29.3 Å². The van der Waals surface area contributed by atoms with Gasteiger partial charge in [-0.05, 0) is 44.9 Å². The fourth-order valence-electron chi connectivity index (χ4n) is 5.53. The van der Waals surface area contributed by atoms with Crippen molar-refractivity contribution in [1.82, 2.24) is 0 Å². The van der Waals surface area contributed by atoms with Crippen LogP contribution in [0.2, 0.25) is 0 Å². The van der Waals surface area contributed by atoms with E-state index in [0.29, 0.717) is 19.3 Å². The molecule has 0 bridgehead atoms. The number of hydrogen-bond acceptors (Lipinski definition) is 6. The van der Waals surface area contributed by atoms with E-state index in [2.05, 4.69) is 50.3 Å². The number of allylic oxidation sites excluding steroid dienone is 9. The Balaban J connectivity index is 3.60. The molecule has 6 nitrogen and oxygen atoms in total. The van der Waals surface area contributed by atoms with Gasteiger partial charge in [0.25, 0.3) is 0 Å². The van der Waals surface area contributed by atoms with Crippen molar-refractivity contribution in [2.45, 2.75) is 193 Å². The fourth-order valence-corrected chi connectivity index (χ4v) is 5.53. The molecule has 0 aromatic carbocycles. The van der Waals surface area contributed by atoms with Crippen molar-refractivity contribution in [2.75, 3.05) is 13.2 Å². The molecule has 0 aromatic heterocycles. The third-order valence-electron chi connectivity index (χ3n) is 8.62. The summed E-state index contributed by atoms with van der Waals surface area (Å²) in [5.74, 6) is -0.761. The molecule has 0 saturated carbocycles. The first-order chi connectivity index (χ1) is 24.5. The third kappa shape index (κ3) is 38.4. The summed E-state index contributed by atoms with van der Waals surface area (Å²) in [6, 6.07) is 0. The minimum absolute atomic E-state index is 0.154. The van der Waals surface area contributed by atoms with Crippen LogP contribution < -0.4 is 0 Å². The van der Waals surface area contributed by atoms with E-state index in [9.17, 15) is 19.8 Å². The largest absolute Gasteiger partial charge is 0.463 e. The molecule has 0 aliphatic carbocycles. The number of carbonyl (C=O) groups excluding carboxylic acids is 2. The van der Waals surface area contributed by atoms with E-state index in [1.807, 2.05) is 18.2 Å². The van der Waals surface area contributed by atoms with Gasteiger partial charge in [-0.25, -0.2) is 0 Å². The smallest absolute Gasteiger partial charge is 0.305 e. The van der Waals surface area contributed by atoms with E-state index in [0.717, 1.165) is 44.9 Å². The van der Waals surface area contributed by atoms with Crippen LogP contribution in [-0.4, -0.2) is 47.6 Å². The van der Waals surface area contributed by atoms with E-state index < -0.39 is 18.2 Å². The minimum atomic E-state index is -1.04. The van der Waals surface area contributed by atoms with E-state index in [1.165, 1.54) is 96.3 Å². The molecule has 1 unspecified atom stereocenters. The molecule has 0 heterocycles. The van der Waals surface area contributed by atoms with Gasteiger partial charge in [-0.3, -0.25) is 9.59 Å². The second-order valence-corrected chi connectivity index (χ2v) is 13.6.